The largest absolute Gasteiger partial charge is 0.479 e. The number of halogens is 2. The van der Waals surface area contributed by atoms with Gasteiger partial charge in [0.2, 0.25) is 0 Å². The van der Waals surface area contributed by atoms with Gasteiger partial charge in [-0.05, 0) is 49.2 Å². The second-order valence-electron chi connectivity index (χ2n) is 5.02. The molecule has 2 rings (SSSR count). The highest BCUT2D eigenvalue weighted by molar-refractivity contribution is 6.35. The van der Waals surface area contributed by atoms with Gasteiger partial charge in [0.25, 0.3) is 0 Å². The van der Waals surface area contributed by atoms with Crippen molar-refractivity contribution in [3.05, 3.63) is 57.1 Å². The van der Waals surface area contributed by atoms with Crippen LogP contribution in [0.4, 0.5) is 5.69 Å². The van der Waals surface area contributed by atoms with E-state index >= 15 is 0 Å². The Morgan fingerprint density at radius 1 is 1.14 bits per heavy atom. The summed E-state index contributed by atoms with van der Waals surface area (Å²) < 4.78 is 5.54. The molecule has 1 N–H and O–H groups in total. The van der Waals surface area contributed by atoms with E-state index in [1.165, 1.54) is 11.1 Å². The van der Waals surface area contributed by atoms with Gasteiger partial charge in [0, 0.05) is 22.8 Å². The third-order valence-electron chi connectivity index (χ3n) is 3.38. The van der Waals surface area contributed by atoms with Crippen LogP contribution in [0.15, 0.2) is 30.3 Å². The summed E-state index contributed by atoms with van der Waals surface area (Å²) in [5.41, 5.74) is 4.39. The molecule has 0 aliphatic heterocycles. The molecule has 0 atom stereocenters. The Kier molecular flexibility index (Phi) is 5.60. The minimum Gasteiger partial charge on any atom is -0.479 e. The van der Waals surface area contributed by atoms with Crippen molar-refractivity contribution in [2.75, 3.05) is 11.9 Å². The van der Waals surface area contributed by atoms with Crippen molar-refractivity contribution in [3.8, 4) is 18.1 Å². The highest BCUT2D eigenvalue weighted by Gasteiger charge is 2.11. The zero-order chi connectivity index (χ0) is 16.1. The van der Waals surface area contributed by atoms with Gasteiger partial charge in [0.15, 0.2) is 0 Å². The predicted molar refractivity (Wildman–Crippen MR) is 94.0 cm³/mol. The molecule has 0 aliphatic carbocycles. The number of rotatable bonds is 5. The molecule has 0 saturated heterocycles. The first-order valence-electron chi connectivity index (χ1n) is 6.86. The number of aryl methyl sites for hydroxylation is 2. The smallest absolute Gasteiger partial charge is 0.148 e. The maximum Gasteiger partial charge on any atom is 0.148 e. The topological polar surface area (TPSA) is 21.3 Å². The van der Waals surface area contributed by atoms with E-state index in [0.29, 0.717) is 22.3 Å². The summed E-state index contributed by atoms with van der Waals surface area (Å²) in [7, 11) is 0. The Morgan fingerprint density at radius 3 is 2.59 bits per heavy atom. The van der Waals surface area contributed by atoms with Crippen molar-refractivity contribution in [1.82, 2.24) is 0 Å². The summed E-state index contributed by atoms with van der Waals surface area (Å²) in [5, 5.41) is 4.37. The maximum absolute atomic E-state index is 6.19. The van der Waals surface area contributed by atoms with Crippen LogP contribution in [0.1, 0.15) is 16.7 Å². The summed E-state index contributed by atoms with van der Waals surface area (Å²) in [6, 6.07) is 9.69. The normalized spacial score (nSPS) is 10.1. The zero-order valence-electron chi connectivity index (χ0n) is 12.5. The van der Waals surface area contributed by atoms with Crippen LogP contribution in [-0.4, -0.2) is 6.61 Å². The first kappa shape index (κ1) is 16.5. The summed E-state index contributed by atoms with van der Waals surface area (Å²) in [4.78, 5) is 0. The van der Waals surface area contributed by atoms with E-state index < -0.39 is 0 Å². The molecule has 0 fully saturated rings. The van der Waals surface area contributed by atoms with Gasteiger partial charge >= 0.3 is 0 Å². The van der Waals surface area contributed by atoms with Crippen molar-refractivity contribution in [2.24, 2.45) is 0 Å². The second-order valence-corrected chi connectivity index (χ2v) is 5.86. The van der Waals surface area contributed by atoms with E-state index in [1.807, 2.05) is 12.1 Å². The van der Waals surface area contributed by atoms with E-state index in [1.54, 1.807) is 6.07 Å². The lowest BCUT2D eigenvalue weighted by molar-refractivity contribution is 0.367. The van der Waals surface area contributed by atoms with Crippen molar-refractivity contribution in [3.63, 3.8) is 0 Å². The molecule has 0 radical (unpaired) electrons. The molecule has 2 aromatic carbocycles. The van der Waals surface area contributed by atoms with Crippen LogP contribution in [0.3, 0.4) is 0 Å². The maximum atomic E-state index is 6.19. The number of hydrogen-bond acceptors (Lipinski definition) is 2. The lowest BCUT2D eigenvalue weighted by atomic mass is 10.1. The van der Waals surface area contributed by atoms with Gasteiger partial charge in [-0.2, -0.15) is 0 Å². The molecule has 0 aromatic heterocycles. The molecular formula is C18H17Cl2NO. The van der Waals surface area contributed by atoms with Gasteiger partial charge in [0.05, 0.1) is 5.02 Å². The third kappa shape index (κ3) is 4.10. The molecule has 0 spiro atoms. The van der Waals surface area contributed by atoms with E-state index in [-0.39, 0.29) is 6.61 Å². The molecular weight excluding hydrogens is 317 g/mol. The number of terminal acetylenes is 1. The third-order valence-corrected chi connectivity index (χ3v) is 3.87. The zero-order valence-corrected chi connectivity index (χ0v) is 14.1. The fraction of sp³-hybridized carbons (Fsp3) is 0.222. The average Bonchev–Trinajstić information content (AvgIpc) is 2.47. The van der Waals surface area contributed by atoms with Gasteiger partial charge in [-0.25, -0.2) is 0 Å². The monoisotopic (exact) mass is 333 g/mol. The molecule has 22 heavy (non-hydrogen) atoms. The van der Waals surface area contributed by atoms with Gasteiger partial charge in [-0.3, -0.25) is 0 Å². The molecule has 114 valence electrons. The SMILES string of the molecule is C#CCOc1c(Cl)cc(Cl)cc1CNc1ccc(C)c(C)c1. The molecule has 4 heteroatoms. The minimum absolute atomic E-state index is 0.165. The van der Waals surface area contributed by atoms with Gasteiger partial charge in [0.1, 0.15) is 12.4 Å². The van der Waals surface area contributed by atoms with E-state index in [4.69, 9.17) is 34.4 Å². The van der Waals surface area contributed by atoms with Crippen molar-refractivity contribution >= 4 is 28.9 Å². The Labute approximate surface area is 141 Å². The quantitative estimate of drug-likeness (QED) is 0.756. The highest BCUT2D eigenvalue weighted by atomic mass is 35.5. The van der Waals surface area contributed by atoms with Crippen molar-refractivity contribution < 1.29 is 4.74 Å². The standard InChI is InChI=1S/C18H17Cl2NO/c1-4-7-22-18-14(9-15(19)10-17(18)20)11-21-16-6-5-12(2)13(3)8-16/h1,5-6,8-10,21H,7,11H2,2-3H3. The van der Waals surface area contributed by atoms with Crippen molar-refractivity contribution in [2.45, 2.75) is 20.4 Å². The van der Waals surface area contributed by atoms with Crippen LogP contribution in [0.25, 0.3) is 0 Å². The van der Waals surface area contributed by atoms with Gasteiger partial charge < -0.3 is 10.1 Å². The Balaban J connectivity index is 2.20. The minimum atomic E-state index is 0.165. The Bertz CT molecular complexity index is 720. The fourth-order valence-electron chi connectivity index (χ4n) is 2.07. The number of nitrogens with one attached hydrogen (secondary N) is 1. The summed E-state index contributed by atoms with van der Waals surface area (Å²) in [5.74, 6) is 3.01. The van der Waals surface area contributed by atoms with Gasteiger partial charge in [-0.1, -0.05) is 35.2 Å². The Hall–Kier alpha value is -1.82. The highest BCUT2D eigenvalue weighted by Crippen LogP contribution is 2.33. The lowest BCUT2D eigenvalue weighted by Crippen LogP contribution is -2.04. The first-order valence-corrected chi connectivity index (χ1v) is 7.62. The second kappa shape index (κ2) is 7.45. The average molecular weight is 334 g/mol. The lowest BCUT2D eigenvalue weighted by Gasteiger charge is -2.14. The number of benzene rings is 2. The fourth-order valence-corrected chi connectivity index (χ4v) is 2.66. The van der Waals surface area contributed by atoms with Crippen LogP contribution < -0.4 is 10.1 Å². The van der Waals surface area contributed by atoms with E-state index in [2.05, 4.69) is 37.2 Å². The number of ether oxygens (including phenoxy) is 1. The molecule has 0 bridgehead atoms. The predicted octanol–water partition coefficient (Wildman–Crippen LogP) is 5.23. The molecule has 2 nitrogen and oxygen atoms in total. The summed E-state index contributed by atoms with van der Waals surface area (Å²) >= 11 is 12.3. The van der Waals surface area contributed by atoms with Crippen LogP contribution >= 0.6 is 23.2 Å². The Morgan fingerprint density at radius 2 is 1.91 bits per heavy atom. The number of anilines is 1. The van der Waals surface area contributed by atoms with Crippen LogP contribution in [0, 0.1) is 26.2 Å². The number of hydrogen-bond donors (Lipinski definition) is 1. The summed E-state index contributed by atoms with van der Waals surface area (Å²) in [6.45, 7) is 4.88. The van der Waals surface area contributed by atoms with Gasteiger partial charge in [-0.15, -0.1) is 6.42 Å². The van der Waals surface area contributed by atoms with Crippen molar-refractivity contribution in [1.29, 1.82) is 0 Å². The van der Waals surface area contributed by atoms with E-state index in [0.717, 1.165) is 11.3 Å². The molecule has 0 amide bonds. The molecule has 2 aromatic rings. The van der Waals surface area contributed by atoms with Crippen LogP contribution in [-0.2, 0) is 6.54 Å². The summed E-state index contributed by atoms with van der Waals surface area (Å²) in [6.07, 6.45) is 5.24. The first-order chi connectivity index (χ1) is 10.5. The molecule has 0 unspecified atom stereocenters. The molecule has 0 aliphatic rings. The van der Waals surface area contributed by atoms with E-state index in [9.17, 15) is 0 Å². The molecule has 0 saturated carbocycles. The molecule has 0 heterocycles. The van der Waals surface area contributed by atoms with Crippen LogP contribution in [0.2, 0.25) is 10.0 Å². The van der Waals surface area contributed by atoms with Crippen LogP contribution in [0.5, 0.6) is 5.75 Å².